The summed E-state index contributed by atoms with van der Waals surface area (Å²) in [4.78, 5) is 12.3. The van der Waals surface area contributed by atoms with Crippen LogP contribution >= 0.6 is 0 Å². The number of phenols is 1. The van der Waals surface area contributed by atoms with E-state index in [1.165, 1.54) is 6.07 Å². The fraction of sp³-hybridized carbons (Fsp3) is 0.136. The number of rotatable bonds is 7. The van der Waals surface area contributed by atoms with Gasteiger partial charge in [-0.15, -0.1) is 0 Å². The largest absolute Gasteiger partial charge is 0.507 e. The van der Waals surface area contributed by atoms with Gasteiger partial charge in [0.1, 0.15) is 17.2 Å². The van der Waals surface area contributed by atoms with E-state index in [9.17, 15) is 9.90 Å². The molecule has 0 aromatic heterocycles. The fourth-order valence-electron chi connectivity index (χ4n) is 2.72. The van der Waals surface area contributed by atoms with Crippen LogP contribution < -0.4 is 14.8 Å². The Kier molecular flexibility index (Phi) is 5.94. The van der Waals surface area contributed by atoms with E-state index in [1.54, 1.807) is 43.5 Å². The Morgan fingerprint density at radius 1 is 1.00 bits per heavy atom. The highest BCUT2D eigenvalue weighted by molar-refractivity contribution is 6.06. The molecule has 0 spiro atoms. The van der Waals surface area contributed by atoms with Crippen LogP contribution in [0, 0.1) is 0 Å². The fourth-order valence-corrected chi connectivity index (χ4v) is 2.72. The number of ether oxygens (including phenoxy) is 2. The van der Waals surface area contributed by atoms with E-state index >= 15 is 0 Å². The van der Waals surface area contributed by atoms with Gasteiger partial charge in [0.25, 0.3) is 5.91 Å². The predicted octanol–water partition coefficient (Wildman–Crippen LogP) is 4.27. The molecular formula is C22H21NO4. The molecule has 3 rings (SSSR count). The number of nitrogens with one attached hydrogen (secondary N) is 1. The first-order chi connectivity index (χ1) is 13.2. The number of benzene rings is 3. The number of aromatic hydroxyl groups is 1. The molecule has 5 heteroatoms. The Morgan fingerprint density at radius 3 is 2.59 bits per heavy atom. The normalized spacial score (nSPS) is 10.3. The van der Waals surface area contributed by atoms with Gasteiger partial charge in [0.2, 0.25) is 0 Å². The van der Waals surface area contributed by atoms with E-state index in [-0.39, 0.29) is 17.2 Å². The van der Waals surface area contributed by atoms with Crippen LogP contribution in [0.1, 0.15) is 15.9 Å². The van der Waals surface area contributed by atoms with Gasteiger partial charge in [-0.2, -0.15) is 0 Å². The summed E-state index contributed by atoms with van der Waals surface area (Å²) < 4.78 is 11.1. The molecule has 27 heavy (non-hydrogen) atoms. The van der Waals surface area contributed by atoms with E-state index < -0.39 is 0 Å². The molecule has 1 amide bonds. The molecule has 3 aromatic carbocycles. The lowest BCUT2D eigenvalue weighted by Gasteiger charge is -2.11. The minimum Gasteiger partial charge on any atom is -0.507 e. The van der Waals surface area contributed by atoms with Gasteiger partial charge in [-0.25, -0.2) is 0 Å². The van der Waals surface area contributed by atoms with E-state index in [0.29, 0.717) is 24.5 Å². The molecular weight excluding hydrogens is 342 g/mol. The number of methoxy groups -OCH3 is 1. The number of phenolic OH excluding ortho intramolecular Hbond substituents is 1. The maximum Gasteiger partial charge on any atom is 0.259 e. The van der Waals surface area contributed by atoms with Gasteiger partial charge in [-0.05, 0) is 35.9 Å². The van der Waals surface area contributed by atoms with Crippen LogP contribution in [0.5, 0.6) is 17.2 Å². The molecule has 0 saturated heterocycles. The number of amides is 1. The lowest BCUT2D eigenvalue weighted by Crippen LogP contribution is -2.12. The number of hydrogen-bond donors (Lipinski definition) is 2. The van der Waals surface area contributed by atoms with Gasteiger partial charge in [-0.1, -0.05) is 36.4 Å². The Balaban J connectivity index is 1.60. The van der Waals surface area contributed by atoms with Gasteiger partial charge >= 0.3 is 0 Å². The summed E-state index contributed by atoms with van der Waals surface area (Å²) >= 11 is 0. The predicted molar refractivity (Wildman–Crippen MR) is 105 cm³/mol. The summed E-state index contributed by atoms with van der Waals surface area (Å²) in [6, 6.07) is 21.4. The zero-order valence-corrected chi connectivity index (χ0v) is 15.0. The van der Waals surface area contributed by atoms with Crippen LogP contribution in [0.4, 0.5) is 5.69 Å². The van der Waals surface area contributed by atoms with Gasteiger partial charge in [0, 0.05) is 18.2 Å². The third-order valence-corrected chi connectivity index (χ3v) is 4.07. The van der Waals surface area contributed by atoms with Crippen molar-refractivity contribution in [2.75, 3.05) is 19.0 Å². The number of carbonyl (C=O) groups excluding carboxylic acids is 1. The van der Waals surface area contributed by atoms with Crippen LogP contribution in [0.2, 0.25) is 0 Å². The van der Waals surface area contributed by atoms with Crippen molar-refractivity contribution < 1.29 is 19.4 Å². The molecule has 0 bridgehead atoms. The third-order valence-electron chi connectivity index (χ3n) is 4.07. The first-order valence-corrected chi connectivity index (χ1v) is 8.61. The molecule has 3 aromatic rings. The molecule has 0 aliphatic rings. The second-order valence-electron chi connectivity index (χ2n) is 5.91. The topological polar surface area (TPSA) is 67.8 Å². The monoisotopic (exact) mass is 363 g/mol. The van der Waals surface area contributed by atoms with Crippen molar-refractivity contribution in [2.24, 2.45) is 0 Å². The highest BCUT2D eigenvalue weighted by atomic mass is 16.5. The van der Waals surface area contributed by atoms with Gasteiger partial charge in [0.15, 0.2) is 0 Å². The Labute approximate surface area is 158 Å². The minimum atomic E-state index is -0.376. The smallest absolute Gasteiger partial charge is 0.259 e. The Morgan fingerprint density at radius 2 is 1.78 bits per heavy atom. The number of carbonyl (C=O) groups is 1. The second kappa shape index (κ2) is 8.76. The molecule has 0 heterocycles. The summed E-state index contributed by atoms with van der Waals surface area (Å²) in [5.41, 5.74) is 1.89. The standard InChI is InChI=1S/C22H21NO4/c1-26-21-12-5-2-7-16(21)13-14-27-18-9-6-8-17(15-18)23-22(25)19-10-3-4-11-20(19)24/h2-12,15,24H,13-14H2,1H3,(H,23,25). The average Bonchev–Trinajstić information content (AvgIpc) is 2.69. The number of hydrogen-bond acceptors (Lipinski definition) is 4. The first-order valence-electron chi connectivity index (χ1n) is 8.61. The molecule has 0 saturated carbocycles. The average molecular weight is 363 g/mol. The quantitative estimate of drug-likeness (QED) is 0.658. The summed E-state index contributed by atoms with van der Waals surface area (Å²) in [5.74, 6) is 1.06. The van der Waals surface area contributed by atoms with E-state index in [0.717, 1.165) is 11.3 Å². The van der Waals surface area contributed by atoms with Crippen molar-refractivity contribution in [3.8, 4) is 17.2 Å². The first kappa shape index (κ1) is 18.3. The van der Waals surface area contributed by atoms with Crippen molar-refractivity contribution in [1.29, 1.82) is 0 Å². The highest BCUT2D eigenvalue weighted by Crippen LogP contribution is 2.22. The molecule has 5 nitrogen and oxygen atoms in total. The zero-order chi connectivity index (χ0) is 19.1. The maximum atomic E-state index is 12.3. The van der Waals surface area contributed by atoms with Gasteiger partial charge < -0.3 is 19.9 Å². The van der Waals surface area contributed by atoms with Crippen LogP contribution in [0.3, 0.4) is 0 Å². The van der Waals surface area contributed by atoms with Crippen LogP contribution in [-0.4, -0.2) is 24.7 Å². The van der Waals surface area contributed by atoms with Crippen molar-refractivity contribution in [1.82, 2.24) is 0 Å². The zero-order valence-electron chi connectivity index (χ0n) is 15.0. The summed E-state index contributed by atoms with van der Waals surface area (Å²) in [6.07, 6.45) is 0.707. The van der Waals surface area contributed by atoms with Gasteiger partial charge in [0.05, 0.1) is 19.3 Å². The van der Waals surface area contributed by atoms with Crippen molar-refractivity contribution in [3.05, 3.63) is 83.9 Å². The third kappa shape index (κ3) is 4.79. The highest BCUT2D eigenvalue weighted by Gasteiger charge is 2.10. The second-order valence-corrected chi connectivity index (χ2v) is 5.91. The summed E-state index contributed by atoms with van der Waals surface area (Å²) in [7, 11) is 1.65. The van der Waals surface area contributed by atoms with Gasteiger partial charge in [-0.3, -0.25) is 4.79 Å². The lowest BCUT2D eigenvalue weighted by atomic mass is 10.1. The molecule has 0 unspecified atom stereocenters. The van der Waals surface area contributed by atoms with Crippen molar-refractivity contribution in [3.63, 3.8) is 0 Å². The van der Waals surface area contributed by atoms with Crippen molar-refractivity contribution in [2.45, 2.75) is 6.42 Å². The van der Waals surface area contributed by atoms with E-state index in [4.69, 9.17) is 9.47 Å². The molecule has 0 radical (unpaired) electrons. The summed E-state index contributed by atoms with van der Waals surface area (Å²) in [6.45, 7) is 0.483. The molecule has 138 valence electrons. The maximum absolute atomic E-state index is 12.3. The summed E-state index contributed by atoms with van der Waals surface area (Å²) in [5, 5.41) is 12.6. The molecule has 0 aliphatic heterocycles. The van der Waals surface area contributed by atoms with Crippen LogP contribution in [0.15, 0.2) is 72.8 Å². The van der Waals surface area contributed by atoms with Crippen molar-refractivity contribution >= 4 is 11.6 Å². The number of anilines is 1. The Hall–Kier alpha value is -3.47. The Bertz CT molecular complexity index is 923. The van der Waals surface area contributed by atoms with E-state index in [2.05, 4.69) is 5.32 Å². The van der Waals surface area contributed by atoms with Crippen LogP contribution in [0.25, 0.3) is 0 Å². The molecule has 0 fully saturated rings. The molecule has 0 aliphatic carbocycles. The van der Waals surface area contributed by atoms with Crippen LogP contribution in [-0.2, 0) is 6.42 Å². The SMILES string of the molecule is COc1ccccc1CCOc1cccc(NC(=O)c2ccccc2O)c1. The van der Waals surface area contributed by atoms with E-state index in [1.807, 2.05) is 30.3 Å². The minimum absolute atomic E-state index is 0.0563. The lowest BCUT2D eigenvalue weighted by molar-refractivity contribution is 0.102. The molecule has 2 N–H and O–H groups in total. The number of para-hydroxylation sites is 2. The molecule has 0 atom stereocenters.